The SMILES string of the molecule is Cc1cc(C)c2oc(-c3ccc(NC(=O)c4ccc([N+](=O)[O-])c(C)c4)cc3O)nc2c1. The smallest absolute Gasteiger partial charge is 0.272 e. The van der Waals surface area contributed by atoms with Crippen molar-refractivity contribution < 1.29 is 19.2 Å². The molecule has 0 aliphatic heterocycles. The van der Waals surface area contributed by atoms with Crippen molar-refractivity contribution in [3.05, 3.63) is 80.9 Å². The molecule has 0 saturated carbocycles. The highest BCUT2D eigenvalue weighted by atomic mass is 16.6. The van der Waals surface area contributed by atoms with Crippen LogP contribution in [0, 0.1) is 30.9 Å². The van der Waals surface area contributed by atoms with Crippen LogP contribution in [0.3, 0.4) is 0 Å². The van der Waals surface area contributed by atoms with Gasteiger partial charge in [0, 0.05) is 28.9 Å². The van der Waals surface area contributed by atoms with E-state index >= 15 is 0 Å². The molecular weight excluding hydrogens is 398 g/mol. The van der Waals surface area contributed by atoms with Gasteiger partial charge in [0.05, 0.1) is 10.5 Å². The van der Waals surface area contributed by atoms with Gasteiger partial charge in [-0.2, -0.15) is 0 Å². The Morgan fingerprint density at radius 3 is 2.52 bits per heavy atom. The summed E-state index contributed by atoms with van der Waals surface area (Å²) in [5.74, 6) is -0.262. The predicted octanol–water partition coefficient (Wildman–Crippen LogP) is 5.29. The number of anilines is 1. The predicted molar refractivity (Wildman–Crippen MR) is 116 cm³/mol. The number of nitro groups is 1. The van der Waals surface area contributed by atoms with Crippen molar-refractivity contribution in [2.75, 3.05) is 5.32 Å². The van der Waals surface area contributed by atoms with Crippen LogP contribution in [0.4, 0.5) is 11.4 Å². The molecule has 0 unspecified atom stereocenters. The zero-order valence-corrected chi connectivity index (χ0v) is 17.1. The van der Waals surface area contributed by atoms with E-state index in [1.165, 1.54) is 24.3 Å². The van der Waals surface area contributed by atoms with E-state index in [9.17, 15) is 20.0 Å². The molecule has 31 heavy (non-hydrogen) atoms. The summed E-state index contributed by atoms with van der Waals surface area (Å²) in [6.07, 6.45) is 0. The largest absolute Gasteiger partial charge is 0.507 e. The molecule has 156 valence electrons. The van der Waals surface area contributed by atoms with Crippen molar-refractivity contribution in [1.29, 1.82) is 0 Å². The standard InChI is InChI=1S/C23H19N3O5/c1-12-8-14(3)21-18(9-12)25-23(31-21)17-6-5-16(11-20(17)27)24-22(28)15-4-7-19(26(29)30)13(2)10-15/h4-11,27H,1-3H3,(H,24,28). The molecule has 4 aromatic rings. The Morgan fingerprint density at radius 1 is 1.06 bits per heavy atom. The van der Waals surface area contributed by atoms with Gasteiger partial charge in [-0.05, 0) is 62.2 Å². The van der Waals surface area contributed by atoms with Gasteiger partial charge >= 0.3 is 0 Å². The Labute approximate surface area is 177 Å². The van der Waals surface area contributed by atoms with E-state index in [1.54, 1.807) is 19.1 Å². The maximum atomic E-state index is 12.5. The molecule has 1 heterocycles. The minimum absolute atomic E-state index is 0.0534. The number of aryl methyl sites for hydroxylation is 3. The second kappa shape index (κ2) is 7.56. The number of aromatic hydroxyl groups is 1. The van der Waals surface area contributed by atoms with Crippen LogP contribution in [0.25, 0.3) is 22.6 Å². The van der Waals surface area contributed by atoms with Crippen LogP contribution in [0.5, 0.6) is 5.75 Å². The topological polar surface area (TPSA) is 118 Å². The van der Waals surface area contributed by atoms with Crippen molar-refractivity contribution in [1.82, 2.24) is 4.98 Å². The first-order chi connectivity index (χ1) is 14.7. The first kappa shape index (κ1) is 20.1. The molecule has 0 bridgehead atoms. The van der Waals surface area contributed by atoms with Gasteiger partial charge in [-0.3, -0.25) is 14.9 Å². The maximum Gasteiger partial charge on any atom is 0.272 e. The number of nitrogens with one attached hydrogen (secondary N) is 1. The zero-order chi connectivity index (χ0) is 22.3. The second-order valence-corrected chi connectivity index (χ2v) is 7.39. The number of phenolic OH excluding ortho intramolecular Hbond substituents is 1. The number of fused-ring (bicyclic) bond motifs is 1. The minimum Gasteiger partial charge on any atom is -0.507 e. The van der Waals surface area contributed by atoms with Gasteiger partial charge in [0.25, 0.3) is 11.6 Å². The van der Waals surface area contributed by atoms with Crippen LogP contribution in [0.1, 0.15) is 27.0 Å². The normalized spacial score (nSPS) is 10.9. The molecule has 1 aromatic heterocycles. The highest BCUT2D eigenvalue weighted by Crippen LogP contribution is 2.34. The fourth-order valence-corrected chi connectivity index (χ4v) is 3.49. The number of carbonyl (C=O) groups is 1. The summed E-state index contributed by atoms with van der Waals surface area (Å²) < 4.78 is 5.84. The molecule has 0 radical (unpaired) electrons. The molecule has 8 heteroatoms. The number of amides is 1. The molecule has 8 nitrogen and oxygen atoms in total. The molecule has 0 atom stereocenters. The lowest BCUT2D eigenvalue weighted by Crippen LogP contribution is -2.12. The number of phenols is 1. The number of hydrogen-bond acceptors (Lipinski definition) is 6. The second-order valence-electron chi connectivity index (χ2n) is 7.39. The first-order valence-corrected chi connectivity index (χ1v) is 9.50. The number of oxazole rings is 1. The molecule has 1 amide bonds. The fourth-order valence-electron chi connectivity index (χ4n) is 3.49. The van der Waals surface area contributed by atoms with E-state index in [1.807, 2.05) is 26.0 Å². The summed E-state index contributed by atoms with van der Waals surface area (Å²) in [5.41, 5.74) is 4.76. The lowest BCUT2D eigenvalue weighted by Gasteiger charge is -2.08. The van der Waals surface area contributed by atoms with Gasteiger partial charge in [-0.25, -0.2) is 4.98 Å². The molecule has 2 N–H and O–H groups in total. The highest BCUT2D eigenvalue weighted by molar-refractivity contribution is 6.04. The van der Waals surface area contributed by atoms with E-state index in [-0.39, 0.29) is 22.9 Å². The highest BCUT2D eigenvalue weighted by Gasteiger charge is 2.17. The number of benzene rings is 3. The van der Waals surface area contributed by atoms with Crippen molar-refractivity contribution in [3.8, 4) is 17.2 Å². The molecular formula is C23H19N3O5. The summed E-state index contributed by atoms with van der Waals surface area (Å²) in [6.45, 7) is 5.48. The Balaban J connectivity index is 1.59. The van der Waals surface area contributed by atoms with Crippen LogP contribution in [0.2, 0.25) is 0 Å². The summed E-state index contributed by atoms with van der Waals surface area (Å²) in [6, 6.07) is 12.7. The van der Waals surface area contributed by atoms with Gasteiger partial charge in [0.15, 0.2) is 5.58 Å². The van der Waals surface area contributed by atoms with Crippen LogP contribution >= 0.6 is 0 Å². The lowest BCUT2D eigenvalue weighted by atomic mass is 10.1. The Hall–Kier alpha value is -4.20. The van der Waals surface area contributed by atoms with Crippen molar-refractivity contribution in [2.24, 2.45) is 0 Å². The van der Waals surface area contributed by atoms with Crippen LogP contribution in [-0.2, 0) is 0 Å². The van der Waals surface area contributed by atoms with Crippen molar-refractivity contribution in [3.63, 3.8) is 0 Å². The van der Waals surface area contributed by atoms with Gasteiger partial charge in [0.1, 0.15) is 11.3 Å². The third-order valence-electron chi connectivity index (χ3n) is 4.96. The van der Waals surface area contributed by atoms with Crippen LogP contribution in [-0.4, -0.2) is 20.9 Å². The number of hydrogen-bond donors (Lipinski definition) is 2. The Morgan fingerprint density at radius 2 is 1.84 bits per heavy atom. The minimum atomic E-state index is -0.497. The van der Waals surface area contributed by atoms with Crippen molar-refractivity contribution >= 4 is 28.4 Å². The average Bonchev–Trinajstić information content (AvgIpc) is 3.11. The number of carbonyl (C=O) groups excluding carboxylic acids is 1. The Bertz CT molecular complexity index is 1360. The number of aromatic nitrogens is 1. The summed E-state index contributed by atoms with van der Waals surface area (Å²) >= 11 is 0. The summed E-state index contributed by atoms with van der Waals surface area (Å²) in [7, 11) is 0. The molecule has 0 spiro atoms. The summed E-state index contributed by atoms with van der Waals surface area (Å²) in [5, 5.41) is 24.1. The van der Waals surface area contributed by atoms with Crippen LogP contribution < -0.4 is 5.32 Å². The van der Waals surface area contributed by atoms with Gasteiger partial charge in [-0.15, -0.1) is 0 Å². The van der Waals surface area contributed by atoms with E-state index in [4.69, 9.17) is 4.42 Å². The van der Waals surface area contributed by atoms with E-state index < -0.39 is 10.8 Å². The molecule has 0 aliphatic carbocycles. The quantitative estimate of drug-likeness (QED) is 0.344. The van der Waals surface area contributed by atoms with E-state index in [0.29, 0.717) is 27.9 Å². The van der Waals surface area contributed by atoms with Gasteiger partial charge in [-0.1, -0.05) is 6.07 Å². The molecule has 3 aromatic carbocycles. The molecule has 0 saturated heterocycles. The Kier molecular flexibility index (Phi) is 4.90. The van der Waals surface area contributed by atoms with E-state index in [2.05, 4.69) is 10.3 Å². The first-order valence-electron chi connectivity index (χ1n) is 9.50. The van der Waals surface area contributed by atoms with Gasteiger partial charge < -0.3 is 14.8 Å². The van der Waals surface area contributed by atoms with Crippen molar-refractivity contribution in [2.45, 2.75) is 20.8 Å². The number of nitrogens with zero attached hydrogens (tertiary/aromatic N) is 2. The number of nitro benzene ring substituents is 1. The molecule has 0 aliphatic rings. The third-order valence-corrected chi connectivity index (χ3v) is 4.96. The molecule has 4 rings (SSSR count). The van der Waals surface area contributed by atoms with Gasteiger partial charge in [0.2, 0.25) is 5.89 Å². The average molecular weight is 417 g/mol. The number of rotatable bonds is 4. The summed E-state index contributed by atoms with van der Waals surface area (Å²) in [4.78, 5) is 27.4. The fraction of sp³-hybridized carbons (Fsp3) is 0.130. The van der Waals surface area contributed by atoms with Crippen LogP contribution in [0.15, 0.2) is 52.9 Å². The van der Waals surface area contributed by atoms with E-state index in [0.717, 1.165) is 11.1 Å². The third kappa shape index (κ3) is 3.83. The maximum absolute atomic E-state index is 12.5. The zero-order valence-electron chi connectivity index (χ0n) is 17.1. The molecule has 0 fully saturated rings. The lowest BCUT2D eigenvalue weighted by molar-refractivity contribution is -0.385. The monoisotopic (exact) mass is 417 g/mol.